The van der Waals surface area contributed by atoms with E-state index in [0.29, 0.717) is 6.54 Å². The first-order valence-corrected chi connectivity index (χ1v) is 7.06. The van der Waals surface area contributed by atoms with Crippen molar-refractivity contribution in [1.29, 1.82) is 0 Å². The number of likely N-dealkylation sites (tertiary alicyclic amines) is 1. The molecule has 2 aromatic rings. The van der Waals surface area contributed by atoms with E-state index in [1.807, 2.05) is 30.6 Å². The summed E-state index contributed by atoms with van der Waals surface area (Å²) in [5.74, 6) is 0.844. The molecule has 2 atom stereocenters. The van der Waals surface area contributed by atoms with Crippen LogP contribution in [0.3, 0.4) is 0 Å². The second-order valence-corrected chi connectivity index (χ2v) is 5.36. The van der Waals surface area contributed by atoms with Gasteiger partial charge in [0.1, 0.15) is 12.1 Å². The highest BCUT2D eigenvalue weighted by molar-refractivity contribution is 5.31. The van der Waals surface area contributed by atoms with Crippen LogP contribution >= 0.6 is 0 Å². The molecule has 0 aliphatic carbocycles. The van der Waals surface area contributed by atoms with E-state index in [-0.39, 0.29) is 12.1 Å². The first kappa shape index (κ1) is 14.0. The van der Waals surface area contributed by atoms with Crippen LogP contribution in [0.15, 0.2) is 43.0 Å². The zero-order chi connectivity index (χ0) is 14.7. The minimum Gasteiger partial charge on any atom is -0.497 e. The molecule has 21 heavy (non-hydrogen) atoms. The van der Waals surface area contributed by atoms with Crippen LogP contribution in [0.4, 0.5) is 0 Å². The number of aliphatic hydroxyl groups is 1. The second-order valence-electron chi connectivity index (χ2n) is 5.36. The second kappa shape index (κ2) is 6.20. The average molecular weight is 285 g/mol. The van der Waals surface area contributed by atoms with E-state index >= 15 is 0 Å². The van der Waals surface area contributed by atoms with Crippen LogP contribution in [0, 0.1) is 0 Å². The number of ether oxygens (including phenoxy) is 1. The number of aromatic nitrogens is 2. The Labute approximate surface area is 124 Å². The number of rotatable bonds is 4. The van der Waals surface area contributed by atoms with Crippen molar-refractivity contribution in [2.24, 2.45) is 0 Å². The lowest BCUT2D eigenvalue weighted by Crippen LogP contribution is -2.24. The van der Waals surface area contributed by atoms with E-state index in [2.05, 4.69) is 20.9 Å². The van der Waals surface area contributed by atoms with Gasteiger partial charge in [-0.3, -0.25) is 4.90 Å². The molecule has 0 unspecified atom stereocenters. The maximum Gasteiger partial charge on any atom is 0.119 e. The number of nitrogens with zero attached hydrogens (tertiary/aromatic N) is 3. The minimum atomic E-state index is -0.300. The van der Waals surface area contributed by atoms with Crippen molar-refractivity contribution in [2.45, 2.75) is 25.1 Å². The highest BCUT2D eigenvalue weighted by Gasteiger charge is 2.32. The van der Waals surface area contributed by atoms with Gasteiger partial charge in [0, 0.05) is 37.1 Å². The van der Waals surface area contributed by atoms with E-state index in [1.165, 1.54) is 11.9 Å². The molecule has 0 radical (unpaired) electrons. The van der Waals surface area contributed by atoms with Crippen molar-refractivity contribution in [3.8, 4) is 5.75 Å². The summed E-state index contributed by atoms with van der Waals surface area (Å²) in [5, 5.41) is 10.0. The van der Waals surface area contributed by atoms with Gasteiger partial charge < -0.3 is 9.84 Å². The van der Waals surface area contributed by atoms with Gasteiger partial charge in [0.25, 0.3) is 0 Å². The third-order valence-electron chi connectivity index (χ3n) is 3.86. The normalized spacial score (nSPS) is 22.4. The summed E-state index contributed by atoms with van der Waals surface area (Å²) in [5.41, 5.74) is 2.22. The maximum atomic E-state index is 10.0. The standard InChI is InChI=1S/C16H19N3O2/c1-21-15-4-2-3-13(5-15)16-6-14(20)10-19(16)9-12-7-17-11-18-8-12/h2-5,7-8,11,14,16,20H,6,9-10H2,1H3/t14-,16+/m1/s1. The van der Waals surface area contributed by atoms with Gasteiger partial charge in [-0.05, 0) is 24.1 Å². The monoisotopic (exact) mass is 285 g/mol. The Morgan fingerprint density at radius 2 is 2.14 bits per heavy atom. The van der Waals surface area contributed by atoms with Gasteiger partial charge in [0.2, 0.25) is 0 Å². The predicted molar refractivity (Wildman–Crippen MR) is 78.8 cm³/mol. The van der Waals surface area contributed by atoms with Gasteiger partial charge in [-0.25, -0.2) is 9.97 Å². The number of β-amino-alcohol motifs (C(OH)–C–C–N with tert-alkyl or cyclic N) is 1. The molecule has 1 N–H and O–H groups in total. The van der Waals surface area contributed by atoms with Crippen LogP contribution < -0.4 is 4.74 Å². The van der Waals surface area contributed by atoms with E-state index in [1.54, 1.807) is 7.11 Å². The smallest absolute Gasteiger partial charge is 0.119 e. The molecule has 0 saturated carbocycles. The SMILES string of the molecule is COc1cccc([C@@H]2C[C@@H](O)CN2Cc2cncnc2)c1. The Hall–Kier alpha value is -1.98. The molecule has 3 rings (SSSR count). The molecule has 0 spiro atoms. The minimum absolute atomic E-state index is 0.190. The molecule has 110 valence electrons. The van der Waals surface area contributed by atoms with Gasteiger partial charge in [0.15, 0.2) is 0 Å². The average Bonchev–Trinajstić information content (AvgIpc) is 2.89. The van der Waals surface area contributed by atoms with Gasteiger partial charge in [0.05, 0.1) is 13.2 Å². The van der Waals surface area contributed by atoms with E-state index in [4.69, 9.17) is 4.74 Å². The fourth-order valence-electron chi connectivity index (χ4n) is 2.90. The van der Waals surface area contributed by atoms with Crippen LogP contribution in [0.1, 0.15) is 23.6 Å². The van der Waals surface area contributed by atoms with E-state index < -0.39 is 0 Å². The van der Waals surface area contributed by atoms with E-state index in [9.17, 15) is 5.11 Å². The first-order valence-electron chi connectivity index (χ1n) is 7.06. The number of benzene rings is 1. The number of aliphatic hydroxyl groups excluding tert-OH is 1. The summed E-state index contributed by atoms with van der Waals surface area (Å²) in [6.45, 7) is 1.40. The van der Waals surface area contributed by atoms with Gasteiger partial charge >= 0.3 is 0 Å². The molecule has 1 fully saturated rings. The van der Waals surface area contributed by atoms with Crippen LogP contribution in [-0.2, 0) is 6.54 Å². The molecule has 2 heterocycles. The van der Waals surface area contributed by atoms with Gasteiger partial charge in [-0.1, -0.05) is 12.1 Å². The molecule has 1 aliphatic heterocycles. The molecule has 1 aliphatic rings. The Morgan fingerprint density at radius 1 is 1.33 bits per heavy atom. The van der Waals surface area contributed by atoms with Crippen LogP contribution in [-0.4, -0.2) is 39.7 Å². The molecule has 5 heteroatoms. The Balaban J connectivity index is 1.81. The Bertz CT molecular complexity index is 591. The highest BCUT2D eigenvalue weighted by Crippen LogP contribution is 2.34. The summed E-state index contributed by atoms with van der Waals surface area (Å²) >= 11 is 0. The fraction of sp³-hybridized carbons (Fsp3) is 0.375. The van der Waals surface area contributed by atoms with Crippen LogP contribution in [0.2, 0.25) is 0 Å². The molecule has 1 aromatic carbocycles. The summed E-state index contributed by atoms with van der Waals surface area (Å²) in [7, 11) is 1.67. The topological polar surface area (TPSA) is 58.5 Å². The largest absolute Gasteiger partial charge is 0.497 e. The molecule has 1 saturated heterocycles. The zero-order valence-corrected chi connectivity index (χ0v) is 12.0. The number of hydrogen-bond donors (Lipinski definition) is 1. The summed E-state index contributed by atoms with van der Waals surface area (Å²) in [6.07, 6.45) is 5.61. The van der Waals surface area contributed by atoms with E-state index in [0.717, 1.165) is 24.3 Å². The summed E-state index contributed by atoms with van der Waals surface area (Å²) in [6, 6.07) is 8.24. The fourth-order valence-corrected chi connectivity index (χ4v) is 2.90. The highest BCUT2D eigenvalue weighted by atomic mass is 16.5. The number of hydrogen-bond acceptors (Lipinski definition) is 5. The zero-order valence-electron chi connectivity index (χ0n) is 12.0. The lowest BCUT2D eigenvalue weighted by atomic mass is 10.0. The lowest BCUT2D eigenvalue weighted by Gasteiger charge is -2.24. The molecule has 1 aromatic heterocycles. The van der Waals surface area contributed by atoms with Crippen molar-refractivity contribution in [3.63, 3.8) is 0 Å². The predicted octanol–water partition coefficient (Wildman–Crippen LogP) is 1.79. The summed E-state index contributed by atoms with van der Waals surface area (Å²) in [4.78, 5) is 10.4. The summed E-state index contributed by atoms with van der Waals surface area (Å²) < 4.78 is 5.29. The Kier molecular flexibility index (Phi) is 4.13. The molecule has 0 amide bonds. The third kappa shape index (κ3) is 3.20. The van der Waals surface area contributed by atoms with Crippen molar-refractivity contribution in [2.75, 3.05) is 13.7 Å². The van der Waals surface area contributed by atoms with Crippen molar-refractivity contribution in [3.05, 3.63) is 54.1 Å². The molecular formula is C16H19N3O2. The molecule has 0 bridgehead atoms. The lowest BCUT2D eigenvalue weighted by molar-refractivity contribution is 0.172. The van der Waals surface area contributed by atoms with Crippen molar-refractivity contribution in [1.82, 2.24) is 14.9 Å². The first-order chi connectivity index (χ1) is 10.3. The van der Waals surface area contributed by atoms with Crippen molar-refractivity contribution < 1.29 is 9.84 Å². The van der Waals surface area contributed by atoms with Gasteiger partial charge in [-0.15, -0.1) is 0 Å². The quantitative estimate of drug-likeness (QED) is 0.928. The van der Waals surface area contributed by atoms with Gasteiger partial charge in [-0.2, -0.15) is 0 Å². The maximum absolute atomic E-state index is 10.0. The number of methoxy groups -OCH3 is 1. The third-order valence-corrected chi connectivity index (χ3v) is 3.86. The van der Waals surface area contributed by atoms with Crippen LogP contribution in [0.5, 0.6) is 5.75 Å². The van der Waals surface area contributed by atoms with Crippen LogP contribution in [0.25, 0.3) is 0 Å². The molecular weight excluding hydrogens is 266 g/mol. The molecule has 5 nitrogen and oxygen atoms in total. The Morgan fingerprint density at radius 3 is 2.90 bits per heavy atom. The van der Waals surface area contributed by atoms with Crippen molar-refractivity contribution >= 4 is 0 Å².